The minimum Gasteiger partial charge on any atom is -0.497 e. The molecule has 0 spiro atoms. The lowest BCUT2D eigenvalue weighted by Crippen LogP contribution is -2.40. The van der Waals surface area contributed by atoms with Gasteiger partial charge in [0.1, 0.15) is 5.75 Å². The molecule has 0 aliphatic carbocycles. The number of carbonyl (C=O) groups excluding carboxylic acids is 1. The molecule has 2 N–H and O–H groups in total. The van der Waals surface area contributed by atoms with Crippen LogP contribution in [0, 0.1) is 6.92 Å². The number of ether oxygens (including phenoxy) is 1. The number of anilines is 1. The van der Waals surface area contributed by atoms with Gasteiger partial charge >= 0.3 is 0 Å². The zero-order valence-corrected chi connectivity index (χ0v) is 17.9. The topological polar surface area (TPSA) is 94.2 Å². The molecule has 160 valence electrons. The van der Waals surface area contributed by atoms with Crippen LogP contribution in [0.3, 0.4) is 0 Å². The molecule has 4 rings (SSSR count). The summed E-state index contributed by atoms with van der Waals surface area (Å²) >= 11 is 0. The molecule has 1 aliphatic heterocycles. The van der Waals surface area contributed by atoms with Gasteiger partial charge in [-0.25, -0.2) is 9.97 Å². The number of aryl methyl sites for hydroxylation is 1. The molecule has 3 heterocycles. The van der Waals surface area contributed by atoms with E-state index in [1.165, 1.54) is 0 Å². The van der Waals surface area contributed by atoms with Gasteiger partial charge < -0.3 is 15.4 Å². The third-order valence-electron chi connectivity index (χ3n) is 5.66. The van der Waals surface area contributed by atoms with E-state index in [1.54, 1.807) is 19.5 Å². The van der Waals surface area contributed by atoms with Gasteiger partial charge in [0.15, 0.2) is 0 Å². The van der Waals surface area contributed by atoms with Crippen molar-refractivity contribution in [3.63, 3.8) is 0 Å². The van der Waals surface area contributed by atoms with Crippen LogP contribution < -0.4 is 10.5 Å². The molecular formula is C24H27N5O2. The van der Waals surface area contributed by atoms with Crippen LogP contribution in [0.5, 0.6) is 5.75 Å². The number of hydrogen-bond donors (Lipinski definition) is 1. The Balaban J connectivity index is 1.50. The molecule has 1 fully saturated rings. The number of pyridine rings is 1. The molecule has 31 heavy (non-hydrogen) atoms. The zero-order valence-electron chi connectivity index (χ0n) is 17.9. The SMILES string of the molecule is COc1cccc(CC(=O)N2CCCC(c3cc(-c4cnc(N)nc4)cc(C)n3)C2)c1. The fraction of sp³-hybridized carbons (Fsp3) is 0.333. The molecule has 3 aromatic rings. The van der Waals surface area contributed by atoms with Gasteiger partial charge in [0, 0.05) is 48.4 Å². The summed E-state index contributed by atoms with van der Waals surface area (Å²) in [6.07, 6.45) is 5.80. The number of rotatable bonds is 5. The third kappa shape index (κ3) is 4.99. The van der Waals surface area contributed by atoms with Crippen molar-refractivity contribution in [3.05, 3.63) is 65.7 Å². The highest BCUT2D eigenvalue weighted by Crippen LogP contribution is 2.30. The van der Waals surface area contributed by atoms with Gasteiger partial charge in [0.2, 0.25) is 11.9 Å². The smallest absolute Gasteiger partial charge is 0.227 e. The monoisotopic (exact) mass is 417 g/mol. The normalized spacial score (nSPS) is 16.2. The van der Waals surface area contributed by atoms with Gasteiger partial charge in [-0.1, -0.05) is 12.1 Å². The lowest BCUT2D eigenvalue weighted by Gasteiger charge is -2.33. The van der Waals surface area contributed by atoms with E-state index >= 15 is 0 Å². The number of nitrogens with zero attached hydrogens (tertiary/aromatic N) is 4. The Kier molecular flexibility index (Phi) is 6.11. The minimum atomic E-state index is 0.137. The number of hydrogen-bond acceptors (Lipinski definition) is 6. The Hall–Kier alpha value is -3.48. The predicted octanol–water partition coefficient (Wildman–Crippen LogP) is 3.39. The first kappa shape index (κ1) is 20.8. The van der Waals surface area contributed by atoms with Crippen molar-refractivity contribution in [3.8, 4) is 16.9 Å². The van der Waals surface area contributed by atoms with Gasteiger partial charge in [-0.15, -0.1) is 0 Å². The molecule has 1 aliphatic rings. The van der Waals surface area contributed by atoms with E-state index < -0.39 is 0 Å². The molecule has 0 radical (unpaired) electrons. The molecular weight excluding hydrogens is 390 g/mol. The zero-order chi connectivity index (χ0) is 21.8. The lowest BCUT2D eigenvalue weighted by molar-refractivity contribution is -0.131. The first-order chi connectivity index (χ1) is 15.0. The summed E-state index contributed by atoms with van der Waals surface area (Å²) in [6.45, 7) is 3.44. The van der Waals surface area contributed by atoms with E-state index in [-0.39, 0.29) is 17.8 Å². The highest BCUT2D eigenvalue weighted by atomic mass is 16.5. The molecule has 7 heteroatoms. The maximum atomic E-state index is 13.0. The average Bonchev–Trinajstić information content (AvgIpc) is 2.79. The molecule has 1 atom stereocenters. The summed E-state index contributed by atoms with van der Waals surface area (Å²) in [7, 11) is 1.63. The Labute approximate surface area is 182 Å². The number of nitrogen functional groups attached to an aromatic ring is 1. The summed E-state index contributed by atoms with van der Waals surface area (Å²) in [5.41, 5.74) is 10.4. The molecule has 1 unspecified atom stereocenters. The number of amides is 1. The van der Waals surface area contributed by atoms with Crippen molar-refractivity contribution >= 4 is 11.9 Å². The highest BCUT2D eigenvalue weighted by molar-refractivity contribution is 5.79. The second-order valence-corrected chi connectivity index (χ2v) is 7.96. The summed E-state index contributed by atoms with van der Waals surface area (Å²) < 4.78 is 5.27. The van der Waals surface area contributed by atoms with E-state index in [0.717, 1.165) is 53.2 Å². The van der Waals surface area contributed by atoms with Crippen molar-refractivity contribution in [1.29, 1.82) is 0 Å². The molecule has 1 amide bonds. The Morgan fingerprint density at radius 1 is 1.19 bits per heavy atom. The number of piperidine rings is 1. The summed E-state index contributed by atoms with van der Waals surface area (Å²) in [4.78, 5) is 27.9. The van der Waals surface area contributed by atoms with Gasteiger partial charge in [0.25, 0.3) is 0 Å². The van der Waals surface area contributed by atoms with E-state index in [9.17, 15) is 4.79 Å². The second kappa shape index (κ2) is 9.12. The van der Waals surface area contributed by atoms with Crippen LogP contribution in [0.4, 0.5) is 5.95 Å². The van der Waals surface area contributed by atoms with E-state index in [0.29, 0.717) is 13.0 Å². The lowest BCUT2D eigenvalue weighted by atomic mass is 9.92. The van der Waals surface area contributed by atoms with Crippen LogP contribution in [0.25, 0.3) is 11.1 Å². The van der Waals surface area contributed by atoms with Gasteiger partial charge in [0.05, 0.1) is 13.5 Å². The summed E-state index contributed by atoms with van der Waals surface area (Å²) in [5.74, 6) is 1.37. The number of likely N-dealkylation sites (tertiary alicyclic amines) is 1. The molecule has 1 aromatic carbocycles. The van der Waals surface area contributed by atoms with Crippen LogP contribution in [-0.4, -0.2) is 46.0 Å². The largest absolute Gasteiger partial charge is 0.497 e. The quantitative estimate of drug-likeness (QED) is 0.684. The van der Waals surface area contributed by atoms with Crippen molar-refractivity contribution in [2.24, 2.45) is 0 Å². The molecule has 0 saturated carbocycles. The maximum absolute atomic E-state index is 13.0. The minimum absolute atomic E-state index is 0.137. The van der Waals surface area contributed by atoms with Crippen LogP contribution in [0.1, 0.15) is 35.7 Å². The third-order valence-corrected chi connectivity index (χ3v) is 5.66. The van der Waals surface area contributed by atoms with Gasteiger partial charge in [-0.2, -0.15) is 0 Å². The Morgan fingerprint density at radius 2 is 2.00 bits per heavy atom. The fourth-order valence-electron chi connectivity index (χ4n) is 4.07. The van der Waals surface area contributed by atoms with E-state index in [4.69, 9.17) is 15.5 Å². The number of methoxy groups -OCH3 is 1. The van der Waals surface area contributed by atoms with Crippen molar-refractivity contribution in [1.82, 2.24) is 19.9 Å². The number of aromatic nitrogens is 3. The van der Waals surface area contributed by atoms with Crippen molar-refractivity contribution < 1.29 is 9.53 Å². The fourth-order valence-corrected chi connectivity index (χ4v) is 4.07. The van der Waals surface area contributed by atoms with Gasteiger partial charge in [-0.05, 0) is 55.2 Å². The number of nitrogens with two attached hydrogens (primary N) is 1. The average molecular weight is 418 g/mol. The standard InChI is InChI=1S/C24H27N5O2/c1-16-9-19(20-13-26-24(25)27-14-20)12-22(28-16)18-6-4-8-29(15-18)23(30)11-17-5-3-7-21(10-17)31-2/h3,5,7,9-10,12-14,18H,4,6,8,11,15H2,1-2H3,(H2,25,26,27). The summed E-state index contributed by atoms with van der Waals surface area (Å²) in [5, 5.41) is 0. The van der Waals surface area contributed by atoms with Crippen LogP contribution in [0.15, 0.2) is 48.8 Å². The van der Waals surface area contributed by atoms with E-state index in [1.807, 2.05) is 42.2 Å². The molecule has 7 nitrogen and oxygen atoms in total. The van der Waals surface area contributed by atoms with Crippen LogP contribution in [0.2, 0.25) is 0 Å². The Bertz CT molecular complexity index is 1070. The first-order valence-corrected chi connectivity index (χ1v) is 10.5. The van der Waals surface area contributed by atoms with Crippen molar-refractivity contribution in [2.45, 2.75) is 32.1 Å². The highest BCUT2D eigenvalue weighted by Gasteiger charge is 2.26. The number of carbonyl (C=O) groups is 1. The van der Waals surface area contributed by atoms with Gasteiger partial charge in [-0.3, -0.25) is 9.78 Å². The van der Waals surface area contributed by atoms with E-state index in [2.05, 4.69) is 16.0 Å². The number of benzene rings is 1. The Morgan fingerprint density at radius 3 is 2.77 bits per heavy atom. The maximum Gasteiger partial charge on any atom is 0.227 e. The summed E-state index contributed by atoms with van der Waals surface area (Å²) in [6, 6.07) is 11.8. The first-order valence-electron chi connectivity index (χ1n) is 10.5. The van der Waals surface area contributed by atoms with Crippen LogP contribution in [-0.2, 0) is 11.2 Å². The molecule has 2 aromatic heterocycles. The second-order valence-electron chi connectivity index (χ2n) is 7.96. The molecule has 0 bridgehead atoms. The molecule has 1 saturated heterocycles. The van der Waals surface area contributed by atoms with Crippen LogP contribution >= 0.6 is 0 Å². The van der Waals surface area contributed by atoms with Crippen molar-refractivity contribution in [2.75, 3.05) is 25.9 Å². The predicted molar refractivity (Wildman–Crippen MR) is 120 cm³/mol.